The molecular weight excluding hydrogens is 306 g/mol. The second-order valence-corrected chi connectivity index (χ2v) is 4.26. The van der Waals surface area contributed by atoms with Crippen LogP contribution in [0.5, 0.6) is 0 Å². The Hall–Kier alpha value is -1.98. The van der Waals surface area contributed by atoms with Gasteiger partial charge in [0.15, 0.2) is 0 Å². The Bertz CT molecular complexity index is 536. The van der Waals surface area contributed by atoms with Gasteiger partial charge in [-0.3, -0.25) is 4.79 Å². The van der Waals surface area contributed by atoms with E-state index in [0.29, 0.717) is 5.69 Å². The number of hydrogen-bond acceptors (Lipinski definition) is 5. The zero-order valence-corrected chi connectivity index (χ0v) is 11.8. The Morgan fingerprint density at radius 3 is 2.86 bits per heavy atom. The van der Waals surface area contributed by atoms with Crippen molar-refractivity contribution in [2.24, 2.45) is 0 Å². The molecule has 9 heteroatoms. The van der Waals surface area contributed by atoms with Crippen LogP contribution in [-0.2, 0) is 9.53 Å². The number of nitrogens with zero attached hydrogens (tertiary/aromatic N) is 2. The van der Waals surface area contributed by atoms with Crippen molar-refractivity contribution in [3.8, 4) is 6.07 Å². The summed E-state index contributed by atoms with van der Waals surface area (Å²) < 4.78 is 28.4. The number of nitriles is 1. The van der Waals surface area contributed by atoms with Crippen LogP contribution in [0.1, 0.15) is 12.6 Å². The quantitative estimate of drug-likeness (QED) is 0.752. The van der Waals surface area contributed by atoms with Gasteiger partial charge in [0.05, 0.1) is 23.7 Å². The zero-order valence-electron chi connectivity index (χ0n) is 11.1. The van der Waals surface area contributed by atoms with Crippen molar-refractivity contribution in [3.05, 3.63) is 18.0 Å². The molecule has 0 bridgehead atoms. The lowest BCUT2D eigenvalue weighted by atomic mass is 10.2. The maximum atomic E-state index is 12.0. The minimum absolute atomic E-state index is 0.0711. The number of hydrogen-bond donors (Lipinski definition) is 2. The van der Waals surface area contributed by atoms with Crippen molar-refractivity contribution < 1.29 is 18.3 Å². The van der Waals surface area contributed by atoms with Gasteiger partial charge in [0.2, 0.25) is 5.91 Å². The normalized spacial score (nSPS) is 11.8. The van der Waals surface area contributed by atoms with Crippen LogP contribution in [0.15, 0.2) is 12.3 Å². The molecule has 1 amide bonds. The fourth-order valence-corrected chi connectivity index (χ4v) is 1.49. The van der Waals surface area contributed by atoms with Crippen LogP contribution in [0.25, 0.3) is 0 Å². The van der Waals surface area contributed by atoms with E-state index >= 15 is 0 Å². The van der Waals surface area contributed by atoms with Gasteiger partial charge in [0, 0.05) is 12.6 Å². The van der Waals surface area contributed by atoms with Gasteiger partial charge in [-0.1, -0.05) is 0 Å². The van der Waals surface area contributed by atoms with E-state index in [1.54, 1.807) is 0 Å². The second kappa shape index (κ2) is 8.34. The Kier molecular flexibility index (Phi) is 6.78. The van der Waals surface area contributed by atoms with Crippen molar-refractivity contribution in [2.45, 2.75) is 19.6 Å². The van der Waals surface area contributed by atoms with E-state index < -0.39 is 18.6 Å². The van der Waals surface area contributed by atoms with Crippen LogP contribution in [0, 0.1) is 11.3 Å². The van der Waals surface area contributed by atoms with E-state index in [1.165, 1.54) is 19.2 Å². The number of halogens is 3. The standard InChI is InChI=1S/C12H13ClF2N4O2/c1-7(21-12(14)15)5-18-10-6-17-8(4-16)2-9(10)19-11(20)3-13/h2,6-7,12,18H,3,5H2,1H3,(H,17,19,20)/t7-/m1/s1. The molecule has 0 saturated heterocycles. The largest absolute Gasteiger partial charge is 0.380 e. The van der Waals surface area contributed by atoms with Gasteiger partial charge in [0.1, 0.15) is 17.6 Å². The van der Waals surface area contributed by atoms with Crippen LogP contribution in [-0.4, -0.2) is 36.0 Å². The molecule has 0 spiro atoms. The molecule has 0 fully saturated rings. The summed E-state index contributed by atoms with van der Waals surface area (Å²) in [5.74, 6) is -0.721. The van der Waals surface area contributed by atoms with E-state index in [2.05, 4.69) is 20.4 Å². The highest BCUT2D eigenvalue weighted by atomic mass is 35.5. The zero-order chi connectivity index (χ0) is 15.8. The number of anilines is 2. The summed E-state index contributed by atoms with van der Waals surface area (Å²) in [6.07, 6.45) is 0.564. The molecule has 2 N–H and O–H groups in total. The van der Waals surface area contributed by atoms with Crippen molar-refractivity contribution >= 4 is 28.9 Å². The van der Waals surface area contributed by atoms with Crippen molar-refractivity contribution in [2.75, 3.05) is 23.1 Å². The average molecular weight is 319 g/mol. The van der Waals surface area contributed by atoms with Gasteiger partial charge in [-0.25, -0.2) is 4.98 Å². The number of aromatic nitrogens is 1. The molecule has 6 nitrogen and oxygen atoms in total. The first-order chi connectivity index (χ1) is 9.96. The van der Waals surface area contributed by atoms with E-state index in [9.17, 15) is 13.6 Å². The first-order valence-corrected chi connectivity index (χ1v) is 6.43. The third kappa shape index (κ3) is 5.89. The molecule has 0 radical (unpaired) electrons. The van der Waals surface area contributed by atoms with Gasteiger partial charge in [-0.2, -0.15) is 14.0 Å². The molecule has 0 aliphatic heterocycles. The number of pyridine rings is 1. The van der Waals surface area contributed by atoms with E-state index in [0.717, 1.165) is 0 Å². The van der Waals surface area contributed by atoms with Crippen LogP contribution < -0.4 is 10.6 Å². The van der Waals surface area contributed by atoms with E-state index in [4.69, 9.17) is 16.9 Å². The van der Waals surface area contributed by atoms with Crippen LogP contribution in [0.4, 0.5) is 20.2 Å². The topological polar surface area (TPSA) is 87.0 Å². The Labute approximate surface area is 125 Å². The van der Waals surface area contributed by atoms with Gasteiger partial charge >= 0.3 is 6.61 Å². The molecule has 1 aromatic heterocycles. The van der Waals surface area contributed by atoms with Crippen molar-refractivity contribution in [1.29, 1.82) is 5.26 Å². The predicted octanol–water partition coefficient (Wildman–Crippen LogP) is 2.17. The summed E-state index contributed by atoms with van der Waals surface area (Å²) in [4.78, 5) is 15.2. The van der Waals surface area contributed by atoms with Crippen LogP contribution >= 0.6 is 11.6 Å². The Balaban J connectivity index is 2.80. The van der Waals surface area contributed by atoms with Crippen LogP contribution in [0.3, 0.4) is 0 Å². The molecule has 114 valence electrons. The van der Waals surface area contributed by atoms with Crippen LogP contribution in [0.2, 0.25) is 0 Å². The SMILES string of the molecule is C[C@H](CNc1cnc(C#N)cc1NC(=O)CCl)OC(F)F. The van der Waals surface area contributed by atoms with Gasteiger partial charge in [0.25, 0.3) is 0 Å². The predicted molar refractivity (Wildman–Crippen MR) is 73.3 cm³/mol. The minimum Gasteiger partial charge on any atom is -0.380 e. The summed E-state index contributed by atoms with van der Waals surface area (Å²) in [6, 6.07) is 3.18. The molecule has 1 atom stereocenters. The second-order valence-electron chi connectivity index (χ2n) is 4.00. The highest BCUT2D eigenvalue weighted by molar-refractivity contribution is 6.29. The molecule has 0 unspecified atom stereocenters. The average Bonchev–Trinajstić information content (AvgIpc) is 2.44. The van der Waals surface area contributed by atoms with Crippen molar-refractivity contribution in [1.82, 2.24) is 4.98 Å². The molecule has 0 aromatic carbocycles. The number of rotatable bonds is 7. The van der Waals surface area contributed by atoms with Gasteiger partial charge in [-0.15, -0.1) is 11.6 Å². The molecule has 21 heavy (non-hydrogen) atoms. The van der Waals surface area contributed by atoms with E-state index in [-0.39, 0.29) is 23.8 Å². The lowest BCUT2D eigenvalue weighted by Gasteiger charge is -2.16. The smallest absolute Gasteiger partial charge is 0.345 e. The number of nitrogens with one attached hydrogen (secondary N) is 2. The molecule has 1 rings (SSSR count). The summed E-state index contributed by atoms with van der Waals surface area (Å²) in [5.41, 5.74) is 0.760. The summed E-state index contributed by atoms with van der Waals surface area (Å²) in [6.45, 7) is -1.33. The van der Waals surface area contributed by atoms with Gasteiger partial charge in [-0.05, 0) is 6.92 Å². The number of amides is 1. The lowest BCUT2D eigenvalue weighted by molar-refractivity contribution is -0.153. The Morgan fingerprint density at radius 1 is 1.57 bits per heavy atom. The number of alkyl halides is 3. The first kappa shape index (κ1) is 17.1. The summed E-state index contributed by atoms with van der Waals surface area (Å²) >= 11 is 5.40. The summed E-state index contributed by atoms with van der Waals surface area (Å²) in [5, 5.41) is 14.1. The lowest BCUT2D eigenvalue weighted by Crippen LogP contribution is -2.23. The first-order valence-electron chi connectivity index (χ1n) is 5.89. The number of ether oxygens (including phenoxy) is 1. The molecule has 0 aliphatic rings. The molecule has 1 heterocycles. The third-order valence-electron chi connectivity index (χ3n) is 2.33. The highest BCUT2D eigenvalue weighted by Crippen LogP contribution is 2.21. The highest BCUT2D eigenvalue weighted by Gasteiger charge is 2.12. The molecular formula is C12H13ClF2N4O2. The summed E-state index contributed by atoms with van der Waals surface area (Å²) in [7, 11) is 0. The molecule has 1 aromatic rings. The maximum Gasteiger partial charge on any atom is 0.345 e. The fraction of sp³-hybridized carbons (Fsp3) is 0.417. The minimum atomic E-state index is -2.86. The third-order valence-corrected chi connectivity index (χ3v) is 2.57. The Morgan fingerprint density at radius 2 is 2.29 bits per heavy atom. The van der Waals surface area contributed by atoms with E-state index in [1.807, 2.05) is 6.07 Å². The monoisotopic (exact) mass is 318 g/mol. The maximum absolute atomic E-state index is 12.0. The molecule has 0 saturated carbocycles. The van der Waals surface area contributed by atoms with Gasteiger partial charge < -0.3 is 15.4 Å². The molecule has 0 aliphatic carbocycles. The number of carbonyl (C=O) groups is 1. The van der Waals surface area contributed by atoms with Crippen molar-refractivity contribution in [3.63, 3.8) is 0 Å². The number of carbonyl (C=O) groups excluding carboxylic acids is 1. The fourth-order valence-electron chi connectivity index (χ4n) is 1.42.